The minimum atomic E-state index is 0.375. The number of rotatable bonds is 4. The Morgan fingerprint density at radius 2 is 2.18 bits per heavy atom. The Hall–Kier alpha value is -2.37. The van der Waals surface area contributed by atoms with Crippen molar-refractivity contribution in [2.24, 2.45) is 10.7 Å². The number of nitrogens with zero attached hydrogens (tertiary/aromatic N) is 3. The molecule has 0 radical (unpaired) electrons. The number of para-hydroxylation sites is 1. The van der Waals surface area contributed by atoms with Crippen LogP contribution in [0.5, 0.6) is 0 Å². The van der Waals surface area contributed by atoms with Gasteiger partial charge in [0.15, 0.2) is 11.8 Å². The first-order valence-corrected chi connectivity index (χ1v) is 5.22. The fourth-order valence-electron chi connectivity index (χ4n) is 1.29. The lowest BCUT2D eigenvalue weighted by atomic mass is 10.3. The number of hydrogen-bond acceptors (Lipinski definition) is 4. The van der Waals surface area contributed by atoms with E-state index in [0.717, 1.165) is 5.69 Å². The first-order chi connectivity index (χ1) is 8.34. The molecule has 0 unspecified atom stereocenters. The van der Waals surface area contributed by atoms with Gasteiger partial charge in [-0.1, -0.05) is 23.4 Å². The molecule has 6 nitrogen and oxygen atoms in total. The van der Waals surface area contributed by atoms with Gasteiger partial charge in [0.2, 0.25) is 6.39 Å². The average Bonchev–Trinajstić information content (AvgIpc) is 2.83. The zero-order chi connectivity index (χ0) is 11.9. The van der Waals surface area contributed by atoms with Gasteiger partial charge in [0.05, 0.1) is 0 Å². The lowest BCUT2D eigenvalue weighted by Gasteiger charge is -2.04. The van der Waals surface area contributed by atoms with Crippen LogP contribution in [0.3, 0.4) is 0 Å². The van der Waals surface area contributed by atoms with Crippen LogP contribution in [0.1, 0.15) is 5.82 Å². The van der Waals surface area contributed by atoms with Crippen LogP contribution in [0.4, 0.5) is 5.69 Å². The van der Waals surface area contributed by atoms with Gasteiger partial charge in [-0.25, -0.2) is 0 Å². The number of anilines is 1. The molecule has 0 saturated carbocycles. The molecule has 1 heterocycles. The molecule has 0 aliphatic rings. The van der Waals surface area contributed by atoms with Crippen molar-refractivity contribution in [3.63, 3.8) is 0 Å². The maximum Gasteiger partial charge on any atom is 0.213 e. The van der Waals surface area contributed by atoms with Gasteiger partial charge in [-0.15, -0.1) is 0 Å². The molecule has 0 atom stereocenters. The van der Waals surface area contributed by atoms with Crippen molar-refractivity contribution in [2.75, 3.05) is 11.9 Å². The third-order valence-corrected chi connectivity index (χ3v) is 2.07. The van der Waals surface area contributed by atoms with E-state index in [1.165, 1.54) is 6.39 Å². The van der Waals surface area contributed by atoms with Crippen LogP contribution in [0.2, 0.25) is 0 Å². The molecule has 88 valence electrons. The van der Waals surface area contributed by atoms with Crippen molar-refractivity contribution in [2.45, 2.75) is 6.42 Å². The van der Waals surface area contributed by atoms with Crippen LogP contribution >= 0.6 is 0 Å². The monoisotopic (exact) mass is 231 g/mol. The molecule has 0 amide bonds. The summed E-state index contributed by atoms with van der Waals surface area (Å²) >= 11 is 0. The number of benzene rings is 1. The van der Waals surface area contributed by atoms with E-state index in [-0.39, 0.29) is 0 Å². The van der Waals surface area contributed by atoms with E-state index in [4.69, 9.17) is 5.73 Å². The summed E-state index contributed by atoms with van der Waals surface area (Å²) in [5.74, 6) is 1.00. The highest BCUT2D eigenvalue weighted by Gasteiger charge is 1.97. The molecular weight excluding hydrogens is 218 g/mol. The first kappa shape index (κ1) is 11.1. The number of nitrogens with one attached hydrogen (secondary N) is 1. The second kappa shape index (κ2) is 5.64. The molecule has 6 heteroatoms. The van der Waals surface area contributed by atoms with Gasteiger partial charge >= 0.3 is 0 Å². The number of guanidine groups is 1. The quantitative estimate of drug-likeness (QED) is 0.606. The number of aliphatic imine (C=N–C) groups is 1. The van der Waals surface area contributed by atoms with Gasteiger partial charge in [0.1, 0.15) is 0 Å². The maximum atomic E-state index is 5.72. The van der Waals surface area contributed by atoms with E-state index in [9.17, 15) is 0 Å². The highest BCUT2D eigenvalue weighted by atomic mass is 16.5. The normalized spacial score (nSPS) is 11.4. The Labute approximate surface area is 98.6 Å². The number of aromatic nitrogens is 2. The Kier molecular flexibility index (Phi) is 3.69. The summed E-state index contributed by atoms with van der Waals surface area (Å²) in [5.41, 5.74) is 6.63. The molecule has 0 aliphatic carbocycles. The van der Waals surface area contributed by atoms with E-state index in [0.29, 0.717) is 24.7 Å². The minimum Gasteiger partial charge on any atom is -0.370 e. The zero-order valence-corrected chi connectivity index (χ0v) is 9.21. The van der Waals surface area contributed by atoms with Gasteiger partial charge in [-0.3, -0.25) is 4.99 Å². The number of nitrogens with two attached hydrogens (primary N) is 1. The van der Waals surface area contributed by atoms with E-state index >= 15 is 0 Å². The highest BCUT2D eigenvalue weighted by Crippen LogP contribution is 2.03. The van der Waals surface area contributed by atoms with Gasteiger partial charge in [-0.05, 0) is 12.1 Å². The summed E-state index contributed by atoms with van der Waals surface area (Å²) in [4.78, 5) is 8.04. The van der Waals surface area contributed by atoms with Crippen molar-refractivity contribution in [1.29, 1.82) is 0 Å². The van der Waals surface area contributed by atoms with Gasteiger partial charge < -0.3 is 15.6 Å². The summed E-state index contributed by atoms with van der Waals surface area (Å²) in [6.07, 6.45) is 1.90. The van der Waals surface area contributed by atoms with Crippen molar-refractivity contribution in [3.8, 4) is 0 Å². The fraction of sp³-hybridized carbons (Fsp3) is 0.182. The molecule has 0 fully saturated rings. The van der Waals surface area contributed by atoms with E-state index in [2.05, 4.69) is 25.0 Å². The zero-order valence-electron chi connectivity index (χ0n) is 9.21. The lowest BCUT2D eigenvalue weighted by molar-refractivity contribution is 0.410. The largest absolute Gasteiger partial charge is 0.370 e. The van der Waals surface area contributed by atoms with Crippen LogP contribution in [0.25, 0.3) is 0 Å². The summed E-state index contributed by atoms with van der Waals surface area (Å²) < 4.78 is 4.61. The Morgan fingerprint density at radius 3 is 2.88 bits per heavy atom. The van der Waals surface area contributed by atoms with Crippen molar-refractivity contribution >= 4 is 11.6 Å². The Balaban J connectivity index is 1.81. The first-order valence-electron chi connectivity index (χ1n) is 5.22. The molecule has 1 aromatic heterocycles. The molecule has 2 rings (SSSR count). The molecule has 0 bridgehead atoms. The molecule has 17 heavy (non-hydrogen) atoms. The van der Waals surface area contributed by atoms with Crippen LogP contribution in [-0.2, 0) is 6.42 Å². The predicted octanol–water partition coefficient (Wildman–Crippen LogP) is 1.04. The van der Waals surface area contributed by atoms with Crippen LogP contribution in [-0.4, -0.2) is 22.6 Å². The van der Waals surface area contributed by atoms with E-state index < -0.39 is 0 Å². The van der Waals surface area contributed by atoms with Gasteiger partial charge in [0, 0.05) is 18.7 Å². The second-order valence-electron chi connectivity index (χ2n) is 3.36. The third-order valence-electron chi connectivity index (χ3n) is 2.07. The summed E-state index contributed by atoms with van der Waals surface area (Å²) in [5, 5.41) is 6.67. The smallest absolute Gasteiger partial charge is 0.213 e. The molecule has 0 spiro atoms. The van der Waals surface area contributed by atoms with E-state index in [1.54, 1.807) is 0 Å². The predicted molar refractivity (Wildman–Crippen MR) is 64.6 cm³/mol. The lowest BCUT2D eigenvalue weighted by Crippen LogP contribution is -2.23. The van der Waals surface area contributed by atoms with Crippen LogP contribution in [0, 0.1) is 0 Å². The van der Waals surface area contributed by atoms with Gasteiger partial charge in [-0.2, -0.15) is 4.98 Å². The van der Waals surface area contributed by atoms with Crippen molar-refractivity contribution < 1.29 is 4.52 Å². The standard InChI is InChI=1S/C11H13N5O/c12-11(15-9-4-2-1-3-5-9)13-7-6-10-14-8-17-16-10/h1-5,8H,6-7H2,(H3,12,13,15). The minimum absolute atomic E-state index is 0.375. The van der Waals surface area contributed by atoms with Crippen molar-refractivity contribution in [3.05, 3.63) is 42.5 Å². The van der Waals surface area contributed by atoms with Gasteiger partial charge in [0.25, 0.3) is 0 Å². The molecule has 0 aliphatic heterocycles. The summed E-state index contributed by atoms with van der Waals surface area (Å²) in [6.45, 7) is 0.519. The Bertz CT molecular complexity index is 466. The second-order valence-corrected chi connectivity index (χ2v) is 3.36. The van der Waals surface area contributed by atoms with E-state index in [1.807, 2.05) is 30.3 Å². The summed E-state index contributed by atoms with van der Waals surface area (Å²) in [6, 6.07) is 9.63. The maximum absolute atomic E-state index is 5.72. The highest BCUT2D eigenvalue weighted by molar-refractivity contribution is 5.92. The van der Waals surface area contributed by atoms with Crippen molar-refractivity contribution in [1.82, 2.24) is 10.1 Å². The summed E-state index contributed by atoms with van der Waals surface area (Å²) in [7, 11) is 0. The Morgan fingerprint density at radius 1 is 1.35 bits per heavy atom. The molecule has 2 aromatic rings. The third kappa shape index (κ3) is 3.60. The van der Waals surface area contributed by atoms with Crippen LogP contribution in [0.15, 0.2) is 46.2 Å². The average molecular weight is 231 g/mol. The van der Waals surface area contributed by atoms with Crippen LogP contribution < -0.4 is 11.1 Å². The number of hydrogen-bond donors (Lipinski definition) is 2. The molecular formula is C11H13N5O. The molecule has 3 N–H and O–H groups in total. The fourth-order valence-corrected chi connectivity index (χ4v) is 1.29. The topological polar surface area (TPSA) is 89.3 Å². The molecule has 1 aromatic carbocycles. The SMILES string of the molecule is NC(=NCCc1ncon1)Nc1ccccc1. The molecule has 0 saturated heterocycles.